The minimum atomic E-state index is -0.288. The lowest BCUT2D eigenvalue weighted by Gasteiger charge is -2.07. The van der Waals surface area contributed by atoms with Crippen molar-refractivity contribution in [3.05, 3.63) is 35.4 Å². The maximum Gasteiger partial charge on any atom is 0.338 e. The summed E-state index contributed by atoms with van der Waals surface area (Å²) in [5, 5.41) is 8.54. The van der Waals surface area contributed by atoms with Crippen LogP contribution in [0.2, 0.25) is 0 Å². The summed E-state index contributed by atoms with van der Waals surface area (Å²) in [6.07, 6.45) is 1.31. The molecule has 1 rings (SSSR count). The number of aliphatic hydroxyl groups is 1. The van der Waals surface area contributed by atoms with Gasteiger partial charge in [0.1, 0.15) is 0 Å². The Balaban J connectivity index is 2.16. The summed E-state index contributed by atoms with van der Waals surface area (Å²) < 4.78 is 10.4. The highest BCUT2D eigenvalue weighted by molar-refractivity contribution is 5.90. The predicted molar refractivity (Wildman–Crippen MR) is 68.6 cm³/mol. The Kier molecular flexibility index (Phi) is 7.06. The molecule has 0 unspecified atom stereocenters. The standard InChI is InChI=1S/C14H20O4/c1-12-6-2-3-7-13(12)14(16)18-11-5-10-17-9-4-8-15/h2-3,6-7,15H,4-5,8-11H2,1H3. The Labute approximate surface area is 108 Å². The molecule has 0 amide bonds. The van der Waals surface area contributed by atoms with Gasteiger partial charge in [0.2, 0.25) is 0 Å². The molecule has 0 saturated carbocycles. The summed E-state index contributed by atoms with van der Waals surface area (Å²) in [6, 6.07) is 7.35. The van der Waals surface area contributed by atoms with Crippen molar-refractivity contribution in [2.24, 2.45) is 0 Å². The molecule has 18 heavy (non-hydrogen) atoms. The second-order valence-electron chi connectivity index (χ2n) is 3.99. The second kappa shape index (κ2) is 8.66. The van der Waals surface area contributed by atoms with Crippen LogP contribution in [-0.2, 0) is 9.47 Å². The van der Waals surface area contributed by atoms with Crippen LogP contribution >= 0.6 is 0 Å². The van der Waals surface area contributed by atoms with Gasteiger partial charge in [-0.25, -0.2) is 4.79 Å². The molecule has 1 aromatic rings. The van der Waals surface area contributed by atoms with Gasteiger partial charge in [0.05, 0.1) is 12.2 Å². The fraction of sp³-hybridized carbons (Fsp3) is 0.500. The smallest absolute Gasteiger partial charge is 0.338 e. The van der Waals surface area contributed by atoms with Crippen LogP contribution in [0.25, 0.3) is 0 Å². The van der Waals surface area contributed by atoms with Gasteiger partial charge in [0.25, 0.3) is 0 Å². The number of esters is 1. The van der Waals surface area contributed by atoms with Crippen molar-refractivity contribution in [1.82, 2.24) is 0 Å². The van der Waals surface area contributed by atoms with E-state index in [0.29, 0.717) is 38.2 Å². The van der Waals surface area contributed by atoms with E-state index in [4.69, 9.17) is 14.6 Å². The van der Waals surface area contributed by atoms with Gasteiger partial charge >= 0.3 is 5.97 Å². The molecule has 0 atom stereocenters. The summed E-state index contributed by atoms with van der Waals surface area (Å²) in [6.45, 7) is 3.46. The molecular weight excluding hydrogens is 232 g/mol. The third kappa shape index (κ3) is 5.29. The van der Waals surface area contributed by atoms with Crippen LogP contribution in [-0.4, -0.2) is 37.5 Å². The van der Waals surface area contributed by atoms with Crippen molar-refractivity contribution in [1.29, 1.82) is 0 Å². The van der Waals surface area contributed by atoms with Crippen molar-refractivity contribution in [2.45, 2.75) is 19.8 Å². The van der Waals surface area contributed by atoms with Crippen LogP contribution in [0.5, 0.6) is 0 Å². The van der Waals surface area contributed by atoms with E-state index < -0.39 is 0 Å². The van der Waals surface area contributed by atoms with Crippen LogP contribution in [0.1, 0.15) is 28.8 Å². The summed E-state index contributed by atoms with van der Waals surface area (Å²) in [5.41, 5.74) is 1.53. The fourth-order valence-corrected chi connectivity index (χ4v) is 1.47. The van der Waals surface area contributed by atoms with Gasteiger partial charge in [-0.2, -0.15) is 0 Å². The molecule has 0 aliphatic heterocycles. The van der Waals surface area contributed by atoms with Crippen molar-refractivity contribution < 1.29 is 19.4 Å². The van der Waals surface area contributed by atoms with E-state index in [1.807, 2.05) is 25.1 Å². The number of benzene rings is 1. The molecular formula is C14H20O4. The number of aliphatic hydroxyl groups excluding tert-OH is 1. The van der Waals surface area contributed by atoms with E-state index in [1.54, 1.807) is 6.07 Å². The first-order valence-electron chi connectivity index (χ1n) is 6.17. The van der Waals surface area contributed by atoms with E-state index >= 15 is 0 Å². The molecule has 4 nitrogen and oxygen atoms in total. The fourth-order valence-electron chi connectivity index (χ4n) is 1.47. The highest BCUT2D eigenvalue weighted by Gasteiger charge is 2.08. The first-order chi connectivity index (χ1) is 8.75. The maximum atomic E-state index is 11.7. The summed E-state index contributed by atoms with van der Waals surface area (Å²) in [7, 11) is 0. The van der Waals surface area contributed by atoms with Crippen LogP contribution in [0.15, 0.2) is 24.3 Å². The zero-order chi connectivity index (χ0) is 13.2. The molecule has 0 aliphatic carbocycles. The van der Waals surface area contributed by atoms with Gasteiger partial charge in [-0.05, 0) is 25.0 Å². The number of carbonyl (C=O) groups is 1. The zero-order valence-electron chi connectivity index (χ0n) is 10.7. The monoisotopic (exact) mass is 252 g/mol. The van der Waals surface area contributed by atoms with Crippen LogP contribution in [0.4, 0.5) is 0 Å². The van der Waals surface area contributed by atoms with Crippen LogP contribution in [0, 0.1) is 6.92 Å². The predicted octanol–water partition coefficient (Wildman–Crippen LogP) is 1.94. The van der Waals surface area contributed by atoms with Gasteiger partial charge in [0.15, 0.2) is 0 Å². The highest BCUT2D eigenvalue weighted by Crippen LogP contribution is 2.08. The van der Waals surface area contributed by atoms with E-state index in [-0.39, 0.29) is 12.6 Å². The van der Waals surface area contributed by atoms with Gasteiger partial charge in [-0.15, -0.1) is 0 Å². The molecule has 0 saturated heterocycles. The van der Waals surface area contributed by atoms with Gasteiger partial charge < -0.3 is 14.6 Å². The van der Waals surface area contributed by atoms with Crippen LogP contribution < -0.4 is 0 Å². The average Bonchev–Trinajstić information content (AvgIpc) is 2.38. The molecule has 0 fully saturated rings. The van der Waals surface area contributed by atoms with Crippen molar-refractivity contribution in [3.8, 4) is 0 Å². The van der Waals surface area contributed by atoms with Crippen molar-refractivity contribution >= 4 is 5.97 Å². The first kappa shape index (κ1) is 14.7. The lowest BCUT2D eigenvalue weighted by molar-refractivity contribution is 0.0438. The van der Waals surface area contributed by atoms with E-state index in [1.165, 1.54) is 0 Å². The SMILES string of the molecule is Cc1ccccc1C(=O)OCCCOCCCO. The first-order valence-corrected chi connectivity index (χ1v) is 6.17. The molecule has 0 heterocycles. The van der Waals surface area contributed by atoms with E-state index in [0.717, 1.165) is 5.56 Å². The number of ether oxygens (including phenoxy) is 2. The van der Waals surface area contributed by atoms with Crippen molar-refractivity contribution in [2.75, 3.05) is 26.4 Å². The second-order valence-corrected chi connectivity index (χ2v) is 3.99. The number of hydrogen-bond donors (Lipinski definition) is 1. The lowest BCUT2D eigenvalue weighted by atomic mass is 10.1. The van der Waals surface area contributed by atoms with Gasteiger partial charge in [-0.3, -0.25) is 0 Å². The lowest BCUT2D eigenvalue weighted by Crippen LogP contribution is -2.10. The quantitative estimate of drug-likeness (QED) is 0.567. The normalized spacial score (nSPS) is 10.3. The zero-order valence-corrected chi connectivity index (χ0v) is 10.7. The van der Waals surface area contributed by atoms with Gasteiger partial charge in [0, 0.05) is 26.2 Å². The number of hydrogen-bond acceptors (Lipinski definition) is 4. The summed E-state index contributed by atoms with van der Waals surface area (Å²) >= 11 is 0. The minimum absolute atomic E-state index is 0.141. The highest BCUT2D eigenvalue weighted by atomic mass is 16.5. The Bertz CT molecular complexity index is 363. The Morgan fingerprint density at radius 1 is 1.17 bits per heavy atom. The molecule has 1 N–H and O–H groups in total. The molecule has 4 heteroatoms. The Hall–Kier alpha value is -1.39. The Morgan fingerprint density at radius 2 is 1.89 bits per heavy atom. The molecule has 100 valence electrons. The van der Waals surface area contributed by atoms with Crippen LogP contribution in [0.3, 0.4) is 0 Å². The molecule has 0 bridgehead atoms. The number of carbonyl (C=O) groups excluding carboxylic acids is 1. The number of aryl methyl sites for hydroxylation is 1. The third-order valence-corrected chi connectivity index (χ3v) is 2.48. The molecule has 0 radical (unpaired) electrons. The molecule has 0 aliphatic rings. The molecule has 0 aromatic heterocycles. The average molecular weight is 252 g/mol. The maximum absolute atomic E-state index is 11.7. The van der Waals surface area contributed by atoms with Gasteiger partial charge in [-0.1, -0.05) is 18.2 Å². The topological polar surface area (TPSA) is 55.8 Å². The number of rotatable bonds is 8. The molecule has 0 spiro atoms. The third-order valence-electron chi connectivity index (χ3n) is 2.48. The Morgan fingerprint density at radius 3 is 2.61 bits per heavy atom. The largest absolute Gasteiger partial charge is 0.462 e. The van der Waals surface area contributed by atoms with Crippen molar-refractivity contribution in [3.63, 3.8) is 0 Å². The minimum Gasteiger partial charge on any atom is -0.462 e. The summed E-state index contributed by atoms with van der Waals surface area (Å²) in [5.74, 6) is -0.288. The van der Waals surface area contributed by atoms with E-state index in [9.17, 15) is 4.79 Å². The summed E-state index contributed by atoms with van der Waals surface area (Å²) in [4.78, 5) is 11.7. The molecule has 1 aromatic carbocycles. The van der Waals surface area contributed by atoms with E-state index in [2.05, 4.69) is 0 Å².